The van der Waals surface area contributed by atoms with Gasteiger partial charge in [-0.25, -0.2) is 4.68 Å². The van der Waals surface area contributed by atoms with E-state index in [2.05, 4.69) is 21.0 Å². The maximum atomic E-state index is 12.7. The fourth-order valence-electron chi connectivity index (χ4n) is 2.77. The summed E-state index contributed by atoms with van der Waals surface area (Å²) in [6, 6.07) is 7.18. The van der Waals surface area contributed by atoms with Gasteiger partial charge in [0.2, 0.25) is 0 Å². The van der Waals surface area contributed by atoms with E-state index in [4.69, 9.17) is 5.11 Å². The Morgan fingerprint density at radius 2 is 2.17 bits per heavy atom. The lowest BCUT2D eigenvalue weighted by Gasteiger charge is -2.30. The van der Waals surface area contributed by atoms with Crippen LogP contribution in [-0.2, 0) is 4.79 Å². The average molecular weight is 378 g/mol. The summed E-state index contributed by atoms with van der Waals surface area (Å²) in [6.45, 7) is 0.867. The monoisotopic (exact) mass is 377 g/mol. The van der Waals surface area contributed by atoms with Crippen LogP contribution >= 0.6 is 15.9 Å². The Labute approximate surface area is 141 Å². The van der Waals surface area contributed by atoms with E-state index in [1.54, 1.807) is 34.0 Å². The number of carbonyl (C=O) groups excluding carboxylic acids is 1. The molecule has 3 rings (SSSR count). The molecule has 1 aromatic heterocycles. The highest BCUT2D eigenvalue weighted by molar-refractivity contribution is 9.10. The van der Waals surface area contributed by atoms with Gasteiger partial charge in [0.05, 0.1) is 22.3 Å². The molecule has 1 fully saturated rings. The third-order valence-corrected chi connectivity index (χ3v) is 4.38. The van der Waals surface area contributed by atoms with E-state index in [9.17, 15) is 9.59 Å². The quantitative estimate of drug-likeness (QED) is 0.891. The molecule has 0 aliphatic carbocycles. The molecule has 1 aliphatic heterocycles. The van der Waals surface area contributed by atoms with Gasteiger partial charge in [-0.05, 0) is 47.0 Å². The number of piperidine rings is 1. The van der Waals surface area contributed by atoms with Gasteiger partial charge < -0.3 is 10.0 Å². The zero-order valence-electron chi connectivity index (χ0n) is 12.4. The molecule has 2 heterocycles. The lowest BCUT2D eigenvalue weighted by Crippen LogP contribution is -2.42. The molecule has 2 aromatic rings. The summed E-state index contributed by atoms with van der Waals surface area (Å²) in [7, 11) is 0. The second kappa shape index (κ2) is 6.54. The molecule has 0 saturated carbocycles. The van der Waals surface area contributed by atoms with Crippen LogP contribution in [0.15, 0.2) is 41.1 Å². The van der Waals surface area contributed by atoms with E-state index in [1.165, 1.54) is 0 Å². The number of carboxylic acids is 1. The van der Waals surface area contributed by atoms with Gasteiger partial charge in [0.1, 0.15) is 0 Å². The Balaban J connectivity index is 1.81. The van der Waals surface area contributed by atoms with Crippen LogP contribution < -0.4 is 0 Å². The van der Waals surface area contributed by atoms with Gasteiger partial charge in [-0.3, -0.25) is 9.59 Å². The van der Waals surface area contributed by atoms with Gasteiger partial charge in [0.25, 0.3) is 5.91 Å². The van der Waals surface area contributed by atoms with E-state index in [0.717, 1.165) is 10.2 Å². The van der Waals surface area contributed by atoms with Crippen molar-refractivity contribution in [3.63, 3.8) is 0 Å². The Hall–Kier alpha value is -2.15. The van der Waals surface area contributed by atoms with Gasteiger partial charge >= 0.3 is 5.97 Å². The summed E-state index contributed by atoms with van der Waals surface area (Å²) in [5.41, 5.74) is 1.33. The molecule has 1 atom stereocenters. The Morgan fingerprint density at radius 1 is 1.35 bits per heavy atom. The molecule has 1 amide bonds. The van der Waals surface area contributed by atoms with Gasteiger partial charge in [0, 0.05) is 24.8 Å². The van der Waals surface area contributed by atoms with Crippen molar-refractivity contribution in [3.05, 3.63) is 46.7 Å². The SMILES string of the molecule is O=C(O)[C@@H]1CCCN(C(=O)c2cccc(-n3cc(Br)cn3)c2)C1. The molecule has 120 valence electrons. The Kier molecular flexibility index (Phi) is 4.47. The van der Waals surface area contributed by atoms with Crippen molar-refractivity contribution in [3.8, 4) is 5.69 Å². The minimum Gasteiger partial charge on any atom is -0.481 e. The van der Waals surface area contributed by atoms with Crippen LogP contribution in [0.5, 0.6) is 0 Å². The molecule has 7 heteroatoms. The van der Waals surface area contributed by atoms with Crippen molar-refractivity contribution in [2.75, 3.05) is 13.1 Å². The van der Waals surface area contributed by atoms with Crippen molar-refractivity contribution >= 4 is 27.8 Å². The van der Waals surface area contributed by atoms with Crippen LogP contribution in [0, 0.1) is 5.92 Å². The number of carbonyl (C=O) groups is 2. The number of hydrogen-bond acceptors (Lipinski definition) is 3. The number of amides is 1. The van der Waals surface area contributed by atoms with Crippen LogP contribution in [0.2, 0.25) is 0 Å². The lowest BCUT2D eigenvalue weighted by molar-refractivity contribution is -0.143. The third-order valence-electron chi connectivity index (χ3n) is 3.97. The fourth-order valence-corrected chi connectivity index (χ4v) is 3.05. The van der Waals surface area contributed by atoms with Crippen LogP contribution in [0.25, 0.3) is 5.69 Å². The summed E-state index contributed by atoms with van der Waals surface area (Å²) in [4.78, 5) is 25.4. The fraction of sp³-hybridized carbons (Fsp3) is 0.312. The predicted octanol–water partition coefficient (Wildman–Crippen LogP) is 2.57. The van der Waals surface area contributed by atoms with Gasteiger partial charge in [-0.15, -0.1) is 0 Å². The maximum Gasteiger partial charge on any atom is 0.308 e. The largest absolute Gasteiger partial charge is 0.481 e. The van der Waals surface area contributed by atoms with Crippen molar-refractivity contribution < 1.29 is 14.7 Å². The molecular formula is C16H16BrN3O3. The van der Waals surface area contributed by atoms with Crippen LogP contribution in [0.3, 0.4) is 0 Å². The molecule has 1 saturated heterocycles. The predicted molar refractivity (Wildman–Crippen MR) is 87.5 cm³/mol. The number of likely N-dealkylation sites (tertiary alicyclic amines) is 1. The number of aliphatic carboxylic acids is 1. The normalized spacial score (nSPS) is 18.0. The van der Waals surface area contributed by atoms with Crippen LogP contribution in [0.1, 0.15) is 23.2 Å². The summed E-state index contributed by atoms with van der Waals surface area (Å²) >= 11 is 3.35. The van der Waals surface area contributed by atoms with E-state index < -0.39 is 11.9 Å². The van der Waals surface area contributed by atoms with Gasteiger partial charge in [0.15, 0.2) is 0 Å². The zero-order valence-corrected chi connectivity index (χ0v) is 13.9. The third kappa shape index (κ3) is 3.44. The number of aromatic nitrogens is 2. The molecule has 1 N–H and O–H groups in total. The number of benzene rings is 1. The first-order valence-electron chi connectivity index (χ1n) is 7.37. The Morgan fingerprint density at radius 3 is 2.87 bits per heavy atom. The molecule has 0 bridgehead atoms. The molecule has 1 aliphatic rings. The van der Waals surface area contributed by atoms with Crippen molar-refractivity contribution in [2.45, 2.75) is 12.8 Å². The summed E-state index contributed by atoms with van der Waals surface area (Å²) in [6.07, 6.45) is 4.83. The standard InChI is InChI=1S/C16H16BrN3O3/c17-13-8-18-20(10-13)14-5-1-3-11(7-14)15(21)19-6-2-4-12(9-19)16(22)23/h1,3,5,7-8,10,12H,2,4,6,9H2,(H,22,23)/t12-/m1/s1. The van der Waals surface area contributed by atoms with Crippen molar-refractivity contribution in [1.82, 2.24) is 14.7 Å². The lowest BCUT2D eigenvalue weighted by atomic mass is 9.97. The number of carboxylic acid groups (broad SMARTS) is 1. The second-order valence-electron chi connectivity index (χ2n) is 5.58. The first-order valence-corrected chi connectivity index (χ1v) is 8.16. The second-order valence-corrected chi connectivity index (χ2v) is 6.50. The minimum absolute atomic E-state index is 0.135. The van der Waals surface area contributed by atoms with E-state index in [-0.39, 0.29) is 12.5 Å². The molecule has 0 radical (unpaired) electrons. The van der Waals surface area contributed by atoms with Gasteiger partial charge in [-0.2, -0.15) is 5.10 Å². The number of hydrogen-bond donors (Lipinski definition) is 1. The summed E-state index contributed by atoms with van der Waals surface area (Å²) in [5, 5.41) is 13.4. The molecule has 23 heavy (non-hydrogen) atoms. The topological polar surface area (TPSA) is 75.4 Å². The van der Waals surface area contributed by atoms with E-state index in [0.29, 0.717) is 24.9 Å². The van der Waals surface area contributed by atoms with Crippen molar-refractivity contribution in [2.24, 2.45) is 5.92 Å². The molecule has 0 unspecified atom stereocenters. The Bertz CT molecular complexity index is 744. The first kappa shape index (κ1) is 15.7. The highest BCUT2D eigenvalue weighted by Gasteiger charge is 2.28. The van der Waals surface area contributed by atoms with Crippen LogP contribution in [-0.4, -0.2) is 44.8 Å². The molecule has 6 nitrogen and oxygen atoms in total. The highest BCUT2D eigenvalue weighted by Crippen LogP contribution is 2.20. The number of nitrogens with zero attached hydrogens (tertiary/aromatic N) is 3. The molecular weight excluding hydrogens is 362 g/mol. The zero-order chi connectivity index (χ0) is 16.4. The minimum atomic E-state index is -0.836. The number of halogens is 1. The molecule has 0 spiro atoms. The van der Waals surface area contributed by atoms with Crippen LogP contribution in [0.4, 0.5) is 0 Å². The maximum absolute atomic E-state index is 12.7. The van der Waals surface area contributed by atoms with Gasteiger partial charge in [-0.1, -0.05) is 6.07 Å². The summed E-state index contributed by atoms with van der Waals surface area (Å²) < 4.78 is 2.53. The number of rotatable bonds is 3. The van der Waals surface area contributed by atoms with E-state index in [1.807, 2.05) is 12.3 Å². The average Bonchev–Trinajstić information content (AvgIpc) is 3.01. The summed E-state index contributed by atoms with van der Waals surface area (Å²) in [5.74, 6) is -1.44. The highest BCUT2D eigenvalue weighted by atomic mass is 79.9. The molecule has 1 aromatic carbocycles. The smallest absolute Gasteiger partial charge is 0.308 e. The first-order chi connectivity index (χ1) is 11.0. The van der Waals surface area contributed by atoms with E-state index >= 15 is 0 Å². The van der Waals surface area contributed by atoms with Crippen molar-refractivity contribution in [1.29, 1.82) is 0 Å².